The Morgan fingerprint density at radius 1 is 1.16 bits per heavy atom. The molecular formula is C19H14Cl2N2OS. The van der Waals surface area contributed by atoms with Crippen molar-refractivity contribution in [2.75, 3.05) is 5.32 Å². The number of thiazole rings is 1. The van der Waals surface area contributed by atoms with Gasteiger partial charge in [0.15, 0.2) is 5.13 Å². The fourth-order valence-electron chi connectivity index (χ4n) is 2.28. The SMILES string of the molecule is Cc1sc(NC(=O)C=Cc2ccccc2Cl)nc1-c1cccc(Cl)c1. The summed E-state index contributed by atoms with van der Waals surface area (Å²) in [5, 5.41) is 4.57. The summed E-state index contributed by atoms with van der Waals surface area (Å²) in [5.41, 5.74) is 2.53. The maximum absolute atomic E-state index is 12.1. The van der Waals surface area contributed by atoms with Gasteiger partial charge in [0.05, 0.1) is 5.69 Å². The van der Waals surface area contributed by atoms with Crippen LogP contribution >= 0.6 is 34.5 Å². The summed E-state index contributed by atoms with van der Waals surface area (Å²) >= 11 is 13.5. The van der Waals surface area contributed by atoms with Crippen LogP contribution in [0.25, 0.3) is 17.3 Å². The Morgan fingerprint density at radius 3 is 2.72 bits per heavy atom. The van der Waals surface area contributed by atoms with Gasteiger partial charge in [0.25, 0.3) is 0 Å². The monoisotopic (exact) mass is 388 g/mol. The Kier molecular flexibility index (Phi) is 5.53. The van der Waals surface area contributed by atoms with E-state index < -0.39 is 0 Å². The zero-order chi connectivity index (χ0) is 17.8. The summed E-state index contributed by atoms with van der Waals surface area (Å²) < 4.78 is 0. The van der Waals surface area contributed by atoms with Gasteiger partial charge in [-0.25, -0.2) is 4.98 Å². The quantitative estimate of drug-likeness (QED) is 0.550. The second kappa shape index (κ2) is 7.83. The zero-order valence-electron chi connectivity index (χ0n) is 13.3. The number of nitrogens with zero attached hydrogens (tertiary/aromatic N) is 1. The van der Waals surface area contributed by atoms with E-state index >= 15 is 0 Å². The molecule has 3 aromatic rings. The number of anilines is 1. The van der Waals surface area contributed by atoms with Gasteiger partial charge in [0.1, 0.15) is 0 Å². The topological polar surface area (TPSA) is 42.0 Å². The normalized spacial score (nSPS) is 11.0. The van der Waals surface area contributed by atoms with E-state index in [0.29, 0.717) is 15.2 Å². The van der Waals surface area contributed by atoms with Gasteiger partial charge in [-0.1, -0.05) is 53.5 Å². The number of aromatic nitrogens is 1. The minimum absolute atomic E-state index is 0.258. The van der Waals surface area contributed by atoms with Crippen LogP contribution in [-0.2, 0) is 4.79 Å². The number of aryl methyl sites for hydroxylation is 1. The van der Waals surface area contributed by atoms with Crippen molar-refractivity contribution in [3.8, 4) is 11.3 Å². The Hall–Kier alpha value is -2.14. The van der Waals surface area contributed by atoms with Gasteiger partial charge >= 0.3 is 0 Å². The van der Waals surface area contributed by atoms with Gasteiger partial charge in [-0.2, -0.15) is 0 Å². The second-order valence-electron chi connectivity index (χ2n) is 5.28. The Bertz CT molecular complexity index is 950. The summed E-state index contributed by atoms with van der Waals surface area (Å²) in [4.78, 5) is 17.6. The lowest BCUT2D eigenvalue weighted by Crippen LogP contribution is -2.07. The van der Waals surface area contributed by atoms with Crippen LogP contribution in [0.5, 0.6) is 0 Å². The number of benzene rings is 2. The lowest BCUT2D eigenvalue weighted by atomic mass is 10.1. The van der Waals surface area contributed by atoms with Crippen molar-refractivity contribution in [3.63, 3.8) is 0 Å². The molecular weight excluding hydrogens is 375 g/mol. The van der Waals surface area contributed by atoms with Gasteiger partial charge < -0.3 is 0 Å². The van der Waals surface area contributed by atoms with E-state index in [1.54, 1.807) is 12.1 Å². The molecule has 0 saturated carbocycles. The fraction of sp³-hybridized carbons (Fsp3) is 0.0526. The van der Waals surface area contributed by atoms with Gasteiger partial charge in [-0.3, -0.25) is 10.1 Å². The molecule has 0 fully saturated rings. The van der Waals surface area contributed by atoms with E-state index in [0.717, 1.165) is 21.7 Å². The molecule has 3 rings (SSSR count). The van der Waals surface area contributed by atoms with Crippen LogP contribution in [0, 0.1) is 6.92 Å². The summed E-state index contributed by atoms with van der Waals surface area (Å²) in [6.45, 7) is 1.96. The minimum Gasteiger partial charge on any atom is -0.298 e. The first-order valence-corrected chi connectivity index (χ1v) is 9.07. The average Bonchev–Trinajstić information content (AvgIpc) is 2.94. The number of hydrogen-bond donors (Lipinski definition) is 1. The molecule has 0 aliphatic rings. The fourth-order valence-corrected chi connectivity index (χ4v) is 3.50. The molecule has 0 radical (unpaired) electrons. The highest BCUT2D eigenvalue weighted by Crippen LogP contribution is 2.31. The maximum Gasteiger partial charge on any atom is 0.250 e. The Labute approximate surface area is 159 Å². The van der Waals surface area contributed by atoms with E-state index in [2.05, 4.69) is 10.3 Å². The number of amides is 1. The molecule has 0 unspecified atom stereocenters. The molecule has 3 nitrogen and oxygen atoms in total. The summed E-state index contributed by atoms with van der Waals surface area (Å²) in [7, 11) is 0. The van der Waals surface area contributed by atoms with Crippen molar-refractivity contribution >= 4 is 51.7 Å². The average molecular weight is 389 g/mol. The van der Waals surface area contributed by atoms with Gasteiger partial charge in [-0.15, -0.1) is 11.3 Å². The number of halogens is 2. The molecule has 1 aromatic heterocycles. The number of nitrogens with one attached hydrogen (secondary N) is 1. The van der Waals surface area contributed by atoms with Crippen molar-refractivity contribution in [2.24, 2.45) is 0 Å². The smallest absolute Gasteiger partial charge is 0.250 e. The predicted octanol–water partition coefficient (Wildman–Crippen LogP) is 6.08. The van der Waals surface area contributed by atoms with Gasteiger partial charge in [0, 0.05) is 26.6 Å². The first-order chi connectivity index (χ1) is 12.0. The highest BCUT2D eigenvalue weighted by molar-refractivity contribution is 7.16. The van der Waals surface area contributed by atoms with Crippen molar-refractivity contribution in [2.45, 2.75) is 6.92 Å². The Morgan fingerprint density at radius 2 is 1.96 bits per heavy atom. The van der Waals surface area contributed by atoms with E-state index in [9.17, 15) is 4.79 Å². The van der Waals surface area contributed by atoms with Crippen LogP contribution in [-0.4, -0.2) is 10.9 Å². The lowest BCUT2D eigenvalue weighted by molar-refractivity contribution is -0.111. The highest BCUT2D eigenvalue weighted by Gasteiger charge is 2.11. The van der Waals surface area contributed by atoms with E-state index in [1.807, 2.05) is 49.4 Å². The third-order valence-corrected chi connectivity index (χ3v) is 4.91. The largest absolute Gasteiger partial charge is 0.298 e. The highest BCUT2D eigenvalue weighted by atomic mass is 35.5. The molecule has 1 amide bonds. The van der Waals surface area contributed by atoms with Gasteiger partial charge in [0.2, 0.25) is 5.91 Å². The molecule has 126 valence electrons. The van der Waals surface area contributed by atoms with Crippen LogP contribution in [0.2, 0.25) is 10.0 Å². The van der Waals surface area contributed by atoms with Crippen LogP contribution in [0.15, 0.2) is 54.6 Å². The molecule has 2 aromatic carbocycles. The third kappa shape index (κ3) is 4.48. The number of rotatable bonds is 4. The van der Waals surface area contributed by atoms with Crippen LogP contribution in [0.4, 0.5) is 5.13 Å². The maximum atomic E-state index is 12.1. The molecule has 6 heteroatoms. The number of carbonyl (C=O) groups is 1. The van der Waals surface area contributed by atoms with E-state index in [4.69, 9.17) is 23.2 Å². The standard InChI is InChI=1S/C19H14Cl2N2OS/c1-12-18(14-6-4-7-15(20)11-14)23-19(25-12)22-17(24)10-9-13-5-2-3-8-16(13)21/h2-11H,1H3,(H,22,23,24). The molecule has 0 aliphatic carbocycles. The van der Waals surface area contributed by atoms with Crippen LogP contribution in [0.1, 0.15) is 10.4 Å². The first-order valence-electron chi connectivity index (χ1n) is 7.50. The van der Waals surface area contributed by atoms with Crippen molar-refractivity contribution in [1.82, 2.24) is 4.98 Å². The molecule has 0 aliphatic heterocycles. The van der Waals surface area contributed by atoms with Crippen molar-refractivity contribution < 1.29 is 4.79 Å². The summed E-state index contributed by atoms with van der Waals surface area (Å²) in [6.07, 6.45) is 3.12. The molecule has 0 atom stereocenters. The van der Waals surface area contributed by atoms with Crippen molar-refractivity contribution in [3.05, 3.63) is 75.1 Å². The van der Waals surface area contributed by atoms with Crippen LogP contribution < -0.4 is 5.32 Å². The molecule has 1 heterocycles. The first kappa shape index (κ1) is 17.7. The molecule has 25 heavy (non-hydrogen) atoms. The summed E-state index contributed by atoms with van der Waals surface area (Å²) in [5.74, 6) is -0.258. The number of carbonyl (C=O) groups excluding carboxylic acids is 1. The molecule has 0 spiro atoms. The summed E-state index contributed by atoms with van der Waals surface area (Å²) in [6, 6.07) is 14.8. The minimum atomic E-state index is -0.258. The number of hydrogen-bond acceptors (Lipinski definition) is 3. The van der Waals surface area contributed by atoms with E-state index in [1.165, 1.54) is 17.4 Å². The second-order valence-corrected chi connectivity index (χ2v) is 7.33. The predicted molar refractivity (Wildman–Crippen MR) is 106 cm³/mol. The lowest BCUT2D eigenvalue weighted by Gasteiger charge is -1.99. The van der Waals surface area contributed by atoms with Crippen molar-refractivity contribution in [1.29, 1.82) is 0 Å². The van der Waals surface area contributed by atoms with Gasteiger partial charge in [-0.05, 0) is 36.8 Å². The Balaban J connectivity index is 1.74. The zero-order valence-corrected chi connectivity index (χ0v) is 15.6. The van der Waals surface area contributed by atoms with E-state index in [-0.39, 0.29) is 5.91 Å². The molecule has 0 bridgehead atoms. The molecule has 0 saturated heterocycles. The molecule has 1 N–H and O–H groups in total. The third-order valence-electron chi connectivity index (χ3n) is 3.44. The van der Waals surface area contributed by atoms with Crippen LogP contribution in [0.3, 0.4) is 0 Å².